The van der Waals surface area contributed by atoms with Gasteiger partial charge in [-0.1, -0.05) is 18.2 Å². The molecule has 0 amide bonds. The molecule has 1 aromatic rings. The first-order chi connectivity index (χ1) is 7.26. The summed E-state index contributed by atoms with van der Waals surface area (Å²) in [6, 6.07) is 5.41. The number of rotatable bonds is 3. The smallest absolute Gasteiger partial charge is 0.326 e. The summed E-state index contributed by atoms with van der Waals surface area (Å²) in [5.41, 5.74) is 5.45. The van der Waals surface area contributed by atoms with E-state index in [1.54, 1.807) is 0 Å². The van der Waals surface area contributed by atoms with Crippen molar-refractivity contribution in [3.8, 4) is 0 Å². The lowest BCUT2D eigenvalue weighted by atomic mass is 10.2. The highest BCUT2D eigenvalue weighted by molar-refractivity contribution is 7.91. The van der Waals surface area contributed by atoms with E-state index in [0.717, 1.165) is 6.07 Å². The Morgan fingerprint density at radius 3 is 2.18 bits per heavy atom. The Balaban J connectivity index is 0.00000256. The Morgan fingerprint density at radius 1 is 1.18 bits per heavy atom. The van der Waals surface area contributed by atoms with Gasteiger partial charge < -0.3 is 5.73 Å². The molecular weight excluding hydrogens is 279 g/mol. The predicted octanol–water partition coefficient (Wildman–Crippen LogP) is 1.90. The van der Waals surface area contributed by atoms with Crippen LogP contribution in [0.15, 0.2) is 29.2 Å². The Bertz CT molecular complexity index is 473. The third-order valence-electron chi connectivity index (χ3n) is 1.88. The maximum atomic E-state index is 12.1. The minimum atomic E-state index is -4.75. The zero-order valence-electron chi connectivity index (χ0n) is 8.57. The van der Waals surface area contributed by atoms with Crippen molar-refractivity contribution in [3.63, 3.8) is 0 Å². The third kappa shape index (κ3) is 4.53. The Labute approximate surface area is 103 Å². The monoisotopic (exact) mass is 289 g/mol. The van der Waals surface area contributed by atoms with E-state index < -0.39 is 21.8 Å². The van der Waals surface area contributed by atoms with Gasteiger partial charge in [-0.05, 0) is 11.6 Å². The lowest BCUT2D eigenvalue weighted by Crippen LogP contribution is -2.24. The van der Waals surface area contributed by atoms with Crippen molar-refractivity contribution in [3.05, 3.63) is 29.8 Å². The summed E-state index contributed by atoms with van der Waals surface area (Å²) in [4.78, 5) is -0.352. The highest BCUT2D eigenvalue weighted by Crippen LogP contribution is 2.24. The molecule has 98 valence electrons. The average molecular weight is 290 g/mol. The fourth-order valence-electron chi connectivity index (χ4n) is 1.27. The van der Waals surface area contributed by atoms with Gasteiger partial charge in [-0.3, -0.25) is 0 Å². The lowest BCUT2D eigenvalue weighted by molar-refractivity contribution is -0.106. The summed E-state index contributed by atoms with van der Waals surface area (Å²) < 4.78 is 59.1. The van der Waals surface area contributed by atoms with Crippen molar-refractivity contribution in [1.29, 1.82) is 0 Å². The maximum Gasteiger partial charge on any atom is 0.403 e. The molecule has 0 atom stereocenters. The van der Waals surface area contributed by atoms with Gasteiger partial charge in [-0.25, -0.2) is 8.42 Å². The molecule has 0 saturated heterocycles. The summed E-state index contributed by atoms with van der Waals surface area (Å²) in [6.07, 6.45) is -4.75. The van der Waals surface area contributed by atoms with Gasteiger partial charge >= 0.3 is 6.18 Å². The van der Waals surface area contributed by atoms with Crippen LogP contribution in [0.5, 0.6) is 0 Å². The molecule has 0 fully saturated rings. The summed E-state index contributed by atoms with van der Waals surface area (Å²) in [7, 11) is -4.37. The highest BCUT2D eigenvalue weighted by Gasteiger charge is 2.36. The zero-order chi connectivity index (χ0) is 12.4. The summed E-state index contributed by atoms with van der Waals surface area (Å²) in [5, 5.41) is 0. The van der Waals surface area contributed by atoms with Crippen molar-refractivity contribution in [1.82, 2.24) is 0 Å². The van der Waals surface area contributed by atoms with Gasteiger partial charge in [0.05, 0.1) is 4.90 Å². The molecule has 0 unspecified atom stereocenters. The SMILES string of the molecule is Cl.NCc1ccccc1S(=O)(=O)CC(F)(F)F. The first kappa shape index (κ1) is 16.2. The number of halogens is 4. The maximum absolute atomic E-state index is 12.1. The summed E-state index contributed by atoms with van der Waals surface area (Å²) >= 11 is 0. The molecule has 0 spiro atoms. The second-order valence-electron chi connectivity index (χ2n) is 3.19. The number of nitrogens with two attached hydrogens (primary N) is 1. The Morgan fingerprint density at radius 2 is 1.71 bits per heavy atom. The largest absolute Gasteiger partial charge is 0.403 e. The summed E-state index contributed by atoms with van der Waals surface area (Å²) in [6.45, 7) is -0.118. The van der Waals surface area contributed by atoms with Crippen molar-refractivity contribution >= 4 is 22.2 Å². The quantitative estimate of drug-likeness (QED) is 0.924. The van der Waals surface area contributed by atoms with Gasteiger partial charge in [0.2, 0.25) is 0 Å². The molecule has 0 heterocycles. The predicted molar refractivity (Wildman–Crippen MR) is 59.7 cm³/mol. The Kier molecular flexibility index (Phi) is 5.44. The molecule has 0 aliphatic rings. The van der Waals surface area contributed by atoms with Crippen LogP contribution in [-0.2, 0) is 16.4 Å². The van der Waals surface area contributed by atoms with E-state index in [-0.39, 0.29) is 29.4 Å². The second-order valence-corrected chi connectivity index (χ2v) is 5.14. The molecule has 17 heavy (non-hydrogen) atoms. The second kappa shape index (κ2) is 5.70. The highest BCUT2D eigenvalue weighted by atomic mass is 35.5. The van der Waals surface area contributed by atoms with E-state index in [1.165, 1.54) is 18.2 Å². The van der Waals surface area contributed by atoms with Gasteiger partial charge in [0.1, 0.15) is 0 Å². The average Bonchev–Trinajstić information content (AvgIpc) is 2.14. The van der Waals surface area contributed by atoms with Crippen LogP contribution in [0.1, 0.15) is 5.56 Å². The van der Waals surface area contributed by atoms with Gasteiger partial charge in [-0.15, -0.1) is 12.4 Å². The van der Waals surface area contributed by atoms with Crippen molar-refractivity contribution < 1.29 is 21.6 Å². The van der Waals surface area contributed by atoms with Crippen LogP contribution in [0.4, 0.5) is 13.2 Å². The molecule has 0 aliphatic heterocycles. The van der Waals surface area contributed by atoms with Crippen LogP contribution >= 0.6 is 12.4 Å². The molecular formula is C9H11ClF3NO2S. The molecule has 2 N–H and O–H groups in total. The first-order valence-corrected chi connectivity index (χ1v) is 5.99. The van der Waals surface area contributed by atoms with Crippen LogP contribution in [0.3, 0.4) is 0 Å². The minimum Gasteiger partial charge on any atom is -0.326 e. The van der Waals surface area contributed by atoms with Crippen LogP contribution < -0.4 is 5.73 Å². The van der Waals surface area contributed by atoms with Crippen LogP contribution in [0.2, 0.25) is 0 Å². The third-order valence-corrected chi connectivity index (χ3v) is 3.66. The molecule has 1 rings (SSSR count). The number of alkyl halides is 3. The van der Waals surface area contributed by atoms with E-state index in [2.05, 4.69) is 0 Å². The standard InChI is InChI=1S/C9H10F3NO2S.ClH/c10-9(11,12)6-16(14,15)8-4-2-1-3-7(8)5-13;/h1-4H,5-6,13H2;1H. The van der Waals surface area contributed by atoms with E-state index in [4.69, 9.17) is 5.73 Å². The summed E-state index contributed by atoms with van der Waals surface area (Å²) in [5.74, 6) is -1.86. The van der Waals surface area contributed by atoms with E-state index >= 15 is 0 Å². The van der Waals surface area contributed by atoms with Crippen LogP contribution in [0, 0.1) is 0 Å². The molecule has 0 bridgehead atoms. The van der Waals surface area contributed by atoms with Gasteiger partial charge in [0.25, 0.3) is 0 Å². The fourth-order valence-corrected chi connectivity index (χ4v) is 2.69. The van der Waals surface area contributed by atoms with E-state index in [1.807, 2.05) is 0 Å². The van der Waals surface area contributed by atoms with E-state index in [9.17, 15) is 21.6 Å². The van der Waals surface area contributed by atoms with Crippen molar-refractivity contribution in [2.24, 2.45) is 5.73 Å². The van der Waals surface area contributed by atoms with Gasteiger partial charge in [0.15, 0.2) is 15.6 Å². The number of benzene rings is 1. The lowest BCUT2D eigenvalue weighted by Gasteiger charge is -2.10. The van der Waals surface area contributed by atoms with Gasteiger partial charge in [0, 0.05) is 6.54 Å². The normalized spacial score (nSPS) is 12.0. The number of hydrogen-bond donors (Lipinski definition) is 1. The van der Waals surface area contributed by atoms with Crippen LogP contribution in [-0.4, -0.2) is 20.3 Å². The minimum absolute atomic E-state index is 0. The molecule has 0 radical (unpaired) electrons. The molecule has 8 heteroatoms. The Hall–Kier alpha value is -0.790. The molecule has 0 aliphatic carbocycles. The first-order valence-electron chi connectivity index (χ1n) is 4.34. The number of hydrogen-bond acceptors (Lipinski definition) is 3. The number of sulfone groups is 1. The molecule has 1 aromatic carbocycles. The molecule has 0 saturated carbocycles. The molecule has 3 nitrogen and oxygen atoms in total. The van der Waals surface area contributed by atoms with Crippen molar-refractivity contribution in [2.45, 2.75) is 17.6 Å². The van der Waals surface area contributed by atoms with Crippen molar-refractivity contribution in [2.75, 3.05) is 5.75 Å². The zero-order valence-corrected chi connectivity index (χ0v) is 10.2. The van der Waals surface area contributed by atoms with Gasteiger partial charge in [-0.2, -0.15) is 13.2 Å². The van der Waals surface area contributed by atoms with E-state index in [0.29, 0.717) is 0 Å². The fraction of sp³-hybridized carbons (Fsp3) is 0.333. The topological polar surface area (TPSA) is 60.2 Å². The molecule has 0 aromatic heterocycles. The van der Waals surface area contributed by atoms with Crippen LogP contribution in [0.25, 0.3) is 0 Å².